The molecule has 11 aromatic rings. The minimum absolute atomic E-state index is 0.490. The van der Waals surface area contributed by atoms with Crippen molar-refractivity contribution in [3.63, 3.8) is 0 Å². The summed E-state index contributed by atoms with van der Waals surface area (Å²) in [5.74, 6) is 0. The summed E-state index contributed by atoms with van der Waals surface area (Å²) in [6.45, 7) is 0. The van der Waals surface area contributed by atoms with E-state index in [1.54, 1.807) is 0 Å². The number of rotatable bonds is 7. The highest BCUT2D eigenvalue weighted by Gasteiger charge is 2.48. The molecule has 2 heteroatoms. The maximum Gasteiger partial charge on any atom is 0.136 e. The normalized spacial score (nSPS) is 14.2. The lowest BCUT2D eigenvalue weighted by atomic mass is 9.66. The number of allylic oxidation sites excluding steroid dienone is 4. The third-order valence-electron chi connectivity index (χ3n) is 14.0. The number of para-hydroxylation sites is 1. The molecule has 0 saturated heterocycles. The number of furan rings is 1. The lowest BCUT2D eigenvalue weighted by Gasteiger charge is -2.38. The zero-order valence-electron chi connectivity index (χ0n) is 35.8. The zero-order valence-corrected chi connectivity index (χ0v) is 35.8. The van der Waals surface area contributed by atoms with Crippen LogP contribution in [-0.4, -0.2) is 0 Å². The second-order valence-electron chi connectivity index (χ2n) is 17.5. The van der Waals surface area contributed by atoms with Crippen molar-refractivity contribution in [1.82, 2.24) is 0 Å². The van der Waals surface area contributed by atoms with E-state index in [1.165, 1.54) is 71.8 Å². The lowest BCUT2D eigenvalue weighted by molar-refractivity contribution is 0.669. The van der Waals surface area contributed by atoms with Gasteiger partial charge in [0.25, 0.3) is 0 Å². The van der Waals surface area contributed by atoms with E-state index in [0.29, 0.717) is 0 Å². The fourth-order valence-corrected chi connectivity index (χ4v) is 11.1. The summed E-state index contributed by atoms with van der Waals surface area (Å²) in [4.78, 5) is 2.55. The minimum Gasteiger partial charge on any atom is -0.456 e. The van der Waals surface area contributed by atoms with Crippen molar-refractivity contribution in [3.8, 4) is 22.3 Å². The zero-order chi connectivity index (χ0) is 42.9. The third-order valence-corrected chi connectivity index (χ3v) is 14.0. The van der Waals surface area contributed by atoms with Crippen LogP contribution in [0, 0.1) is 0 Å². The van der Waals surface area contributed by atoms with Crippen molar-refractivity contribution in [2.45, 2.75) is 18.3 Å². The number of benzene rings is 10. The molecule has 0 saturated carbocycles. The van der Waals surface area contributed by atoms with Crippen molar-refractivity contribution in [1.29, 1.82) is 0 Å². The van der Waals surface area contributed by atoms with E-state index in [9.17, 15) is 0 Å². The molecule has 1 aromatic heterocycles. The second kappa shape index (κ2) is 15.0. The molecule has 0 amide bonds. The van der Waals surface area contributed by atoms with E-state index >= 15 is 0 Å². The SMILES string of the molecule is C1=C(N(c2cccc(-c3ccc4ccccc4c3)c2)c2ccccc2-c2ccc3oc4cc5ccccc5cc4c3c2)CCC2=C1C(c1ccccc1)(c1ccccc1)c1ccccc12. The standard InChI is InChI=1S/C63H43NO/c1-3-21-49(22-4-1)63(50-23-5-2-6-24-50)58-28-13-11-27-54(58)55-34-33-52(41-59(55)63)64(51-25-15-20-44(37-51)47-31-30-42-16-7-8-17-43(42)36-47)60-29-14-12-26-53(60)48-32-35-61-56(39-48)57-38-45-18-9-10-19-46(45)40-62(57)65-61/h1-32,35-41H,33-34H2. The van der Waals surface area contributed by atoms with Crippen LogP contribution in [0.4, 0.5) is 11.4 Å². The Hall–Kier alpha value is -8.20. The Morgan fingerprint density at radius 1 is 0.400 bits per heavy atom. The number of anilines is 2. The fraction of sp³-hybridized carbons (Fsp3) is 0.0476. The molecule has 10 aromatic carbocycles. The molecule has 0 atom stereocenters. The van der Waals surface area contributed by atoms with Crippen LogP contribution >= 0.6 is 0 Å². The largest absolute Gasteiger partial charge is 0.456 e. The summed E-state index contributed by atoms with van der Waals surface area (Å²) < 4.78 is 6.51. The van der Waals surface area contributed by atoms with Gasteiger partial charge in [0, 0.05) is 27.7 Å². The van der Waals surface area contributed by atoms with Crippen LogP contribution in [0.2, 0.25) is 0 Å². The molecule has 65 heavy (non-hydrogen) atoms. The molecule has 0 unspecified atom stereocenters. The molecule has 0 radical (unpaired) electrons. The first-order valence-electron chi connectivity index (χ1n) is 22.7. The highest BCUT2D eigenvalue weighted by Crippen LogP contribution is 2.58. The maximum absolute atomic E-state index is 6.51. The quantitative estimate of drug-likeness (QED) is 0.159. The van der Waals surface area contributed by atoms with Crippen molar-refractivity contribution in [2.24, 2.45) is 0 Å². The third kappa shape index (κ3) is 5.95. The summed E-state index contributed by atoms with van der Waals surface area (Å²) >= 11 is 0. The molecule has 2 aliphatic carbocycles. The Morgan fingerprint density at radius 3 is 1.80 bits per heavy atom. The van der Waals surface area contributed by atoms with E-state index < -0.39 is 5.41 Å². The van der Waals surface area contributed by atoms with Gasteiger partial charge in [0.15, 0.2) is 0 Å². The van der Waals surface area contributed by atoms with Crippen LogP contribution in [0.25, 0.3) is 71.3 Å². The summed E-state index contributed by atoms with van der Waals surface area (Å²) in [6, 6.07) is 84.7. The topological polar surface area (TPSA) is 16.4 Å². The number of hydrogen-bond donors (Lipinski definition) is 0. The molecule has 306 valence electrons. The summed E-state index contributed by atoms with van der Waals surface area (Å²) in [7, 11) is 0. The first-order chi connectivity index (χ1) is 32.2. The Kier molecular flexibility index (Phi) is 8.60. The van der Waals surface area contributed by atoms with E-state index in [0.717, 1.165) is 57.3 Å². The van der Waals surface area contributed by atoms with E-state index in [4.69, 9.17) is 4.42 Å². The van der Waals surface area contributed by atoms with Crippen LogP contribution in [0.3, 0.4) is 0 Å². The van der Waals surface area contributed by atoms with Crippen LogP contribution in [0.1, 0.15) is 35.1 Å². The Labute approximate surface area is 378 Å². The molecular formula is C63H43NO. The predicted octanol–water partition coefficient (Wildman–Crippen LogP) is 16.8. The van der Waals surface area contributed by atoms with Gasteiger partial charge in [0.05, 0.1) is 11.1 Å². The van der Waals surface area contributed by atoms with Crippen LogP contribution in [0.5, 0.6) is 0 Å². The van der Waals surface area contributed by atoms with Crippen molar-refractivity contribution in [3.05, 3.63) is 270 Å². The number of fused-ring (bicyclic) bond motifs is 7. The highest BCUT2D eigenvalue weighted by molar-refractivity contribution is 6.11. The van der Waals surface area contributed by atoms with Gasteiger partial charge >= 0.3 is 0 Å². The fourth-order valence-electron chi connectivity index (χ4n) is 11.1. The molecular weight excluding hydrogens is 787 g/mol. The molecule has 2 nitrogen and oxygen atoms in total. The second-order valence-corrected chi connectivity index (χ2v) is 17.5. The predicted molar refractivity (Wildman–Crippen MR) is 272 cm³/mol. The van der Waals surface area contributed by atoms with Crippen molar-refractivity contribution < 1.29 is 4.42 Å². The highest BCUT2D eigenvalue weighted by atomic mass is 16.3. The van der Waals surface area contributed by atoms with Gasteiger partial charge in [-0.3, -0.25) is 0 Å². The molecule has 0 fully saturated rings. The monoisotopic (exact) mass is 829 g/mol. The van der Waals surface area contributed by atoms with Crippen LogP contribution in [-0.2, 0) is 5.41 Å². The van der Waals surface area contributed by atoms with Gasteiger partial charge in [-0.15, -0.1) is 0 Å². The van der Waals surface area contributed by atoms with Gasteiger partial charge in [-0.1, -0.05) is 182 Å². The molecule has 13 rings (SSSR count). The summed E-state index contributed by atoms with van der Waals surface area (Å²) in [5.41, 5.74) is 17.6. The first kappa shape index (κ1) is 37.4. The van der Waals surface area contributed by atoms with Crippen molar-refractivity contribution >= 4 is 60.4 Å². The van der Waals surface area contributed by atoms with Gasteiger partial charge in [-0.05, 0) is 139 Å². The van der Waals surface area contributed by atoms with E-state index in [-0.39, 0.29) is 0 Å². The summed E-state index contributed by atoms with van der Waals surface area (Å²) in [6.07, 6.45) is 4.35. The minimum atomic E-state index is -0.490. The molecule has 0 aliphatic heterocycles. The van der Waals surface area contributed by atoms with Gasteiger partial charge < -0.3 is 9.32 Å². The Bertz CT molecular complexity index is 3680. The van der Waals surface area contributed by atoms with Gasteiger partial charge in [0.2, 0.25) is 0 Å². The van der Waals surface area contributed by atoms with E-state index in [1.807, 2.05) is 0 Å². The smallest absolute Gasteiger partial charge is 0.136 e. The number of nitrogens with zero attached hydrogens (tertiary/aromatic N) is 1. The summed E-state index contributed by atoms with van der Waals surface area (Å²) in [5, 5.41) is 7.12. The molecule has 0 bridgehead atoms. The average Bonchev–Trinajstić information content (AvgIpc) is 3.88. The van der Waals surface area contributed by atoms with E-state index in [2.05, 4.69) is 241 Å². The lowest BCUT2D eigenvalue weighted by Crippen LogP contribution is -2.30. The van der Waals surface area contributed by atoms with Gasteiger partial charge in [0.1, 0.15) is 11.2 Å². The molecule has 1 heterocycles. The van der Waals surface area contributed by atoms with Crippen LogP contribution < -0.4 is 4.90 Å². The maximum atomic E-state index is 6.51. The Morgan fingerprint density at radius 2 is 1.02 bits per heavy atom. The van der Waals surface area contributed by atoms with Gasteiger partial charge in [-0.2, -0.15) is 0 Å². The average molecular weight is 830 g/mol. The van der Waals surface area contributed by atoms with Gasteiger partial charge in [-0.25, -0.2) is 0 Å². The number of hydrogen-bond acceptors (Lipinski definition) is 2. The Balaban J connectivity index is 1.04. The first-order valence-corrected chi connectivity index (χ1v) is 22.7. The van der Waals surface area contributed by atoms with Crippen molar-refractivity contribution in [2.75, 3.05) is 4.90 Å². The molecule has 0 N–H and O–H groups in total. The molecule has 0 spiro atoms. The molecule has 2 aliphatic rings. The van der Waals surface area contributed by atoms with Crippen LogP contribution in [0.15, 0.2) is 252 Å².